The van der Waals surface area contributed by atoms with Crippen LogP contribution in [0.25, 0.3) is 0 Å². The summed E-state index contributed by atoms with van der Waals surface area (Å²) >= 11 is 0. The number of aromatic nitrogens is 1. The summed E-state index contributed by atoms with van der Waals surface area (Å²) in [5.74, 6) is 0.609. The highest BCUT2D eigenvalue weighted by molar-refractivity contribution is 5.68. The van der Waals surface area contributed by atoms with Crippen LogP contribution in [-0.4, -0.2) is 29.1 Å². The first-order valence-electron chi connectivity index (χ1n) is 8.84. The van der Waals surface area contributed by atoms with E-state index in [1.54, 1.807) is 6.20 Å². The van der Waals surface area contributed by atoms with Crippen LogP contribution in [0.2, 0.25) is 0 Å². The van der Waals surface area contributed by atoms with Crippen molar-refractivity contribution in [3.8, 4) is 5.88 Å². The van der Waals surface area contributed by atoms with Crippen molar-refractivity contribution in [1.82, 2.24) is 9.88 Å². The van der Waals surface area contributed by atoms with E-state index in [9.17, 15) is 4.79 Å². The molecular weight excluding hydrogens is 316 g/mol. The summed E-state index contributed by atoms with van der Waals surface area (Å²) in [6.07, 6.45) is 4.40. The number of carbonyl (C=O) groups is 1. The van der Waals surface area contributed by atoms with E-state index in [1.807, 2.05) is 54.3 Å². The zero-order chi connectivity index (χ0) is 17.5. The molecule has 1 saturated heterocycles. The number of rotatable bonds is 5. The summed E-state index contributed by atoms with van der Waals surface area (Å²) in [6.45, 7) is 3.47. The van der Waals surface area contributed by atoms with E-state index in [-0.39, 0.29) is 18.7 Å². The summed E-state index contributed by atoms with van der Waals surface area (Å²) in [5.41, 5.74) is 1.95. The van der Waals surface area contributed by atoms with Crippen molar-refractivity contribution in [3.63, 3.8) is 0 Å². The number of carbonyl (C=O) groups excluding carboxylic acids is 1. The number of likely N-dealkylation sites (tertiary alicyclic amines) is 1. The number of pyridine rings is 1. The van der Waals surface area contributed by atoms with Crippen LogP contribution in [0.5, 0.6) is 5.88 Å². The molecule has 0 unspecified atom stereocenters. The molecule has 0 spiro atoms. The molecule has 5 heteroatoms. The first-order chi connectivity index (χ1) is 12.3. The SMILES string of the molecule is CCOc1ncccc1[C@@H]1CCCCN1C(=O)OCc1ccccc1. The molecule has 1 aromatic carbocycles. The summed E-state index contributed by atoms with van der Waals surface area (Å²) < 4.78 is 11.2. The number of ether oxygens (including phenoxy) is 2. The van der Waals surface area contributed by atoms with Crippen LogP contribution in [0.4, 0.5) is 4.79 Å². The maximum atomic E-state index is 12.7. The minimum atomic E-state index is -0.278. The molecule has 1 aliphatic heterocycles. The summed E-state index contributed by atoms with van der Waals surface area (Å²) in [6, 6.07) is 13.6. The number of amides is 1. The summed E-state index contributed by atoms with van der Waals surface area (Å²) in [7, 11) is 0. The zero-order valence-corrected chi connectivity index (χ0v) is 14.6. The molecule has 1 fully saturated rings. The molecule has 5 nitrogen and oxygen atoms in total. The number of piperidine rings is 1. The van der Waals surface area contributed by atoms with Gasteiger partial charge in [0.2, 0.25) is 5.88 Å². The molecule has 3 rings (SSSR count). The van der Waals surface area contributed by atoms with Crippen LogP contribution < -0.4 is 4.74 Å². The Morgan fingerprint density at radius 2 is 2.04 bits per heavy atom. The highest BCUT2D eigenvalue weighted by atomic mass is 16.6. The molecule has 0 aliphatic carbocycles. The molecule has 1 aromatic heterocycles. The van der Waals surface area contributed by atoms with Crippen molar-refractivity contribution in [3.05, 3.63) is 59.8 Å². The summed E-state index contributed by atoms with van der Waals surface area (Å²) in [4.78, 5) is 18.8. The molecule has 25 heavy (non-hydrogen) atoms. The molecule has 0 bridgehead atoms. The third kappa shape index (κ3) is 4.29. The standard InChI is InChI=1S/C20H24N2O3/c1-2-24-19-17(11-8-13-21-19)18-12-6-7-14-22(18)20(23)25-15-16-9-4-3-5-10-16/h3-5,8-11,13,18H,2,6-7,12,14-15H2,1H3/t18-/m0/s1. The molecule has 1 aliphatic rings. The van der Waals surface area contributed by atoms with Crippen LogP contribution in [0, 0.1) is 0 Å². The highest BCUT2D eigenvalue weighted by Crippen LogP contribution is 2.35. The van der Waals surface area contributed by atoms with Crippen molar-refractivity contribution < 1.29 is 14.3 Å². The monoisotopic (exact) mass is 340 g/mol. The molecule has 1 amide bonds. The lowest BCUT2D eigenvalue weighted by molar-refractivity contribution is 0.0670. The molecular formula is C20H24N2O3. The Kier molecular flexibility index (Phi) is 5.88. The van der Waals surface area contributed by atoms with Crippen LogP contribution in [0.15, 0.2) is 48.7 Å². The van der Waals surface area contributed by atoms with Crippen molar-refractivity contribution >= 4 is 6.09 Å². The Morgan fingerprint density at radius 1 is 1.20 bits per heavy atom. The number of hydrogen-bond donors (Lipinski definition) is 0. The van der Waals surface area contributed by atoms with Crippen LogP contribution >= 0.6 is 0 Å². The Hall–Kier alpha value is -2.56. The van der Waals surface area contributed by atoms with Gasteiger partial charge in [-0.15, -0.1) is 0 Å². The second-order valence-corrected chi connectivity index (χ2v) is 6.08. The van der Waals surface area contributed by atoms with Crippen molar-refractivity contribution in [2.45, 2.75) is 38.8 Å². The fraction of sp³-hybridized carbons (Fsp3) is 0.400. The summed E-state index contributed by atoms with van der Waals surface area (Å²) in [5, 5.41) is 0. The van der Waals surface area contributed by atoms with Gasteiger partial charge in [0.15, 0.2) is 0 Å². The Bertz CT molecular complexity index is 690. The predicted octanol–water partition coefficient (Wildman–Crippen LogP) is 4.34. The van der Waals surface area contributed by atoms with Crippen LogP contribution in [-0.2, 0) is 11.3 Å². The maximum absolute atomic E-state index is 12.7. The molecule has 1 atom stereocenters. The number of hydrogen-bond acceptors (Lipinski definition) is 4. The molecule has 2 heterocycles. The topological polar surface area (TPSA) is 51.7 Å². The van der Waals surface area contributed by atoms with E-state index in [4.69, 9.17) is 9.47 Å². The smallest absolute Gasteiger partial charge is 0.410 e. The van der Waals surface area contributed by atoms with Gasteiger partial charge in [-0.1, -0.05) is 36.4 Å². The quantitative estimate of drug-likeness (QED) is 0.812. The lowest BCUT2D eigenvalue weighted by Crippen LogP contribution is -2.39. The molecule has 0 saturated carbocycles. The minimum absolute atomic E-state index is 0.0488. The average molecular weight is 340 g/mol. The highest BCUT2D eigenvalue weighted by Gasteiger charge is 2.31. The van der Waals surface area contributed by atoms with Gasteiger partial charge in [-0.3, -0.25) is 0 Å². The van der Waals surface area contributed by atoms with Gasteiger partial charge in [0.05, 0.1) is 12.6 Å². The largest absolute Gasteiger partial charge is 0.478 e. The predicted molar refractivity (Wildman–Crippen MR) is 95.3 cm³/mol. The molecule has 0 radical (unpaired) electrons. The van der Waals surface area contributed by atoms with E-state index < -0.39 is 0 Å². The Labute approximate surface area is 148 Å². The third-order valence-electron chi connectivity index (χ3n) is 4.38. The molecule has 132 valence electrons. The van der Waals surface area contributed by atoms with E-state index in [2.05, 4.69) is 4.98 Å². The molecule has 0 N–H and O–H groups in total. The minimum Gasteiger partial charge on any atom is -0.478 e. The normalized spacial score (nSPS) is 17.2. The maximum Gasteiger partial charge on any atom is 0.410 e. The van der Waals surface area contributed by atoms with Gasteiger partial charge in [-0.05, 0) is 37.8 Å². The van der Waals surface area contributed by atoms with Gasteiger partial charge in [-0.2, -0.15) is 0 Å². The lowest BCUT2D eigenvalue weighted by Gasteiger charge is -2.35. The molecule has 2 aromatic rings. The first-order valence-corrected chi connectivity index (χ1v) is 8.84. The van der Waals surface area contributed by atoms with Gasteiger partial charge >= 0.3 is 6.09 Å². The number of benzene rings is 1. The first kappa shape index (κ1) is 17.3. The lowest BCUT2D eigenvalue weighted by atomic mass is 9.96. The third-order valence-corrected chi connectivity index (χ3v) is 4.38. The van der Waals surface area contributed by atoms with Crippen molar-refractivity contribution in [2.75, 3.05) is 13.2 Å². The van der Waals surface area contributed by atoms with Crippen molar-refractivity contribution in [1.29, 1.82) is 0 Å². The van der Waals surface area contributed by atoms with E-state index >= 15 is 0 Å². The van der Waals surface area contributed by atoms with E-state index in [0.29, 0.717) is 19.0 Å². The van der Waals surface area contributed by atoms with E-state index in [1.165, 1.54) is 0 Å². The number of nitrogens with zero attached hydrogens (tertiary/aromatic N) is 2. The van der Waals surface area contributed by atoms with Crippen molar-refractivity contribution in [2.24, 2.45) is 0 Å². The average Bonchev–Trinajstić information content (AvgIpc) is 2.68. The van der Waals surface area contributed by atoms with Gasteiger partial charge in [0, 0.05) is 18.3 Å². The van der Waals surface area contributed by atoms with Crippen LogP contribution in [0.3, 0.4) is 0 Å². The second kappa shape index (κ2) is 8.51. The Balaban J connectivity index is 1.73. The van der Waals surface area contributed by atoms with E-state index in [0.717, 1.165) is 30.4 Å². The van der Waals surface area contributed by atoms with Gasteiger partial charge in [0.25, 0.3) is 0 Å². The zero-order valence-electron chi connectivity index (χ0n) is 14.6. The van der Waals surface area contributed by atoms with Crippen LogP contribution in [0.1, 0.15) is 43.4 Å². The second-order valence-electron chi connectivity index (χ2n) is 6.08. The fourth-order valence-corrected chi connectivity index (χ4v) is 3.19. The fourth-order valence-electron chi connectivity index (χ4n) is 3.19. The van der Waals surface area contributed by atoms with Gasteiger partial charge in [-0.25, -0.2) is 9.78 Å². The Morgan fingerprint density at radius 3 is 2.84 bits per heavy atom. The van der Waals surface area contributed by atoms with Gasteiger partial charge < -0.3 is 14.4 Å². The van der Waals surface area contributed by atoms with Gasteiger partial charge in [0.1, 0.15) is 6.61 Å².